The molecule has 1 saturated heterocycles. The van der Waals surface area contributed by atoms with Gasteiger partial charge in [-0.1, -0.05) is 23.2 Å². The van der Waals surface area contributed by atoms with E-state index >= 15 is 0 Å². The van der Waals surface area contributed by atoms with E-state index < -0.39 is 0 Å². The number of halogens is 2. The third-order valence-corrected chi connectivity index (χ3v) is 4.86. The van der Waals surface area contributed by atoms with Gasteiger partial charge in [0, 0.05) is 46.8 Å². The van der Waals surface area contributed by atoms with E-state index in [0.717, 1.165) is 0 Å². The molecular formula is C19H18Cl2N2O2. The van der Waals surface area contributed by atoms with Crippen molar-refractivity contribution in [3.8, 4) is 0 Å². The maximum absolute atomic E-state index is 12.7. The maximum Gasteiger partial charge on any atom is 0.254 e. The molecule has 0 unspecified atom stereocenters. The van der Waals surface area contributed by atoms with Gasteiger partial charge < -0.3 is 9.80 Å². The van der Waals surface area contributed by atoms with E-state index in [2.05, 4.69) is 0 Å². The molecule has 6 heteroatoms. The molecule has 4 nitrogen and oxygen atoms in total. The van der Waals surface area contributed by atoms with Crippen LogP contribution in [0, 0.1) is 0 Å². The monoisotopic (exact) mass is 376 g/mol. The summed E-state index contributed by atoms with van der Waals surface area (Å²) in [6.07, 6.45) is 0. The summed E-state index contributed by atoms with van der Waals surface area (Å²) in [5.41, 5.74) is 1.21. The number of benzene rings is 2. The Balaban J connectivity index is 1.67. The lowest BCUT2D eigenvalue weighted by molar-refractivity contribution is 0.0414. The number of hydrogen-bond donors (Lipinski definition) is 0. The molecule has 0 aromatic heterocycles. The lowest BCUT2D eigenvalue weighted by atomic mass is 10.1. The number of carbonyl (C=O) groups excluding carboxylic acids is 2. The molecule has 0 N–H and O–H groups in total. The molecule has 2 aromatic rings. The largest absolute Gasteiger partial charge is 0.335 e. The minimum absolute atomic E-state index is 0.0391. The molecular weight excluding hydrogens is 359 g/mol. The Morgan fingerprint density at radius 2 is 1.32 bits per heavy atom. The van der Waals surface area contributed by atoms with Crippen molar-refractivity contribution in [3.63, 3.8) is 0 Å². The molecule has 1 aliphatic rings. The van der Waals surface area contributed by atoms with Crippen molar-refractivity contribution >= 4 is 35.0 Å². The second-order valence-electron chi connectivity index (χ2n) is 6.11. The minimum atomic E-state index is -0.0619. The zero-order valence-electron chi connectivity index (χ0n) is 13.8. The normalized spacial score (nSPS) is 17.5. The number of piperazine rings is 1. The average Bonchev–Trinajstić information content (AvgIpc) is 2.62. The number of rotatable bonds is 2. The van der Waals surface area contributed by atoms with Gasteiger partial charge in [-0.2, -0.15) is 0 Å². The van der Waals surface area contributed by atoms with E-state index in [0.29, 0.717) is 40.8 Å². The van der Waals surface area contributed by atoms with Crippen molar-refractivity contribution in [1.29, 1.82) is 0 Å². The fraction of sp³-hybridized carbons (Fsp3) is 0.263. The summed E-state index contributed by atoms with van der Waals surface area (Å²) in [6.45, 7) is 3.46. The summed E-state index contributed by atoms with van der Waals surface area (Å²) < 4.78 is 0. The summed E-state index contributed by atoms with van der Waals surface area (Å²) in [5, 5.41) is 1.20. The summed E-state index contributed by atoms with van der Waals surface area (Å²) >= 11 is 11.7. The summed E-state index contributed by atoms with van der Waals surface area (Å²) in [4.78, 5) is 28.9. The van der Waals surface area contributed by atoms with Crippen LogP contribution < -0.4 is 0 Å². The van der Waals surface area contributed by atoms with Crippen molar-refractivity contribution in [3.05, 3.63) is 69.7 Å². The summed E-state index contributed by atoms with van der Waals surface area (Å²) in [6, 6.07) is 13.7. The van der Waals surface area contributed by atoms with Gasteiger partial charge in [0.2, 0.25) is 0 Å². The van der Waals surface area contributed by atoms with Gasteiger partial charge in [0.25, 0.3) is 11.8 Å². The van der Waals surface area contributed by atoms with Crippen molar-refractivity contribution in [1.82, 2.24) is 9.80 Å². The molecule has 0 aliphatic carbocycles. The molecule has 2 aromatic carbocycles. The van der Waals surface area contributed by atoms with Crippen LogP contribution in [0.4, 0.5) is 0 Å². The van der Waals surface area contributed by atoms with Crippen molar-refractivity contribution < 1.29 is 9.59 Å². The first-order valence-electron chi connectivity index (χ1n) is 8.07. The average molecular weight is 377 g/mol. The van der Waals surface area contributed by atoms with Crippen molar-refractivity contribution in [2.24, 2.45) is 0 Å². The number of nitrogens with zero attached hydrogens (tertiary/aromatic N) is 2. The lowest BCUT2D eigenvalue weighted by Gasteiger charge is -2.40. The highest BCUT2D eigenvalue weighted by Crippen LogP contribution is 2.18. The van der Waals surface area contributed by atoms with E-state index in [-0.39, 0.29) is 17.9 Å². The second-order valence-corrected chi connectivity index (χ2v) is 6.99. The highest BCUT2D eigenvalue weighted by Gasteiger charge is 2.30. The number of carbonyl (C=O) groups is 2. The standard InChI is InChI=1S/C19H18Cl2N2O2/c1-13-12-22(18(24)14-2-6-16(20)7-3-14)10-11-23(13)19(25)15-4-8-17(21)9-5-15/h2-9,13H,10-12H2,1H3/t13-/m1/s1. The van der Waals surface area contributed by atoms with Gasteiger partial charge in [0.15, 0.2) is 0 Å². The Morgan fingerprint density at radius 3 is 1.80 bits per heavy atom. The van der Waals surface area contributed by atoms with Crippen LogP contribution in [-0.4, -0.2) is 47.3 Å². The quantitative estimate of drug-likeness (QED) is 0.795. The van der Waals surface area contributed by atoms with Crippen LogP contribution >= 0.6 is 23.2 Å². The molecule has 0 radical (unpaired) electrons. The maximum atomic E-state index is 12.7. The molecule has 25 heavy (non-hydrogen) atoms. The van der Waals surface area contributed by atoms with E-state index in [1.54, 1.807) is 58.3 Å². The molecule has 1 heterocycles. The van der Waals surface area contributed by atoms with Gasteiger partial charge in [0.1, 0.15) is 0 Å². The van der Waals surface area contributed by atoms with E-state index in [4.69, 9.17) is 23.2 Å². The van der Waals surface area contributed by atoms with Crippen molar-refractivity contribution in [2.45, 2.75) is 13.0 Å². The van der Waals surface area contributed by atoms with E-state index in [1.807, 2.05) is 6.92 Å². The summed E-state index contributed by atoms with van der Waals surface area (Å²) in [5.74, 6) is -0.0788. The van der Waals surface area contributed by atoms with Gasteiger partial charge >= 0.3 is 0 Å². The van der Waals surface area contributed by atoms with E-state index in [1.165, 1.54) is 0 Å². The Kier molecular flexibility index (Phi) is 5.30. The van der Waals surface area contributed by atoms with Crippen LogP contribution in [0.5, 0.6) is 0 Å². The van der Waals surface area contributed by atoms with Crippen LogP contribution in [0.15, 0.2) is 48.5 Å². The van der Waals surface area contributed by atoms with Gasteiger partial charge in [-0.3, -0.25) is 9.59 Å². The van der Waals surface area contributed by atoms with Crippen LogP contribution in [0.25, 0.3) is 0 Å². The molecule has 1 atom stereocenters. The Labute approximate surface area is 156 Å². The molecule has 130 valence electrons. The van der Waals surface area contributed by atoms with E-state index in [9.17, 15) is 9.59 Å². The van der Waals surface area contributed by atoms with Crippen LogP contribution in [-0.2, 0) is 0 Å². The molecule has 1 fully saturated rings. The zero-order chi connectivity index (χ0) is 18.0. The predicted molar refractivity (Wildman–Crippen MR) is 99.3 cm³/mol. The van der Waals surface area contributed by atoms with Gasteiger partial charge in [-0.15, -0.1) is 0 Å². The van der Waals surface area contributed by atoms with Gasteiger partial charge in [-0.25, -0.2) is 0 Å². The van der Waals surface area contributed by atoms with Crippen LogP contribution in [0.1, 0.15) is 27.6 Å². The SMILES string of the molecule is C[C@@H]1CN(C(=O)c2ccc(Cl)cc2)CCN1C(=O)c1ccc(Cl)cc1. The highest BCUT2D eigenvalue weighted by molar-refractivity contribution is 6.31. The third kappa shape index (κ3) is 3.97. The van der Waals surface area contributed by atoms with Crippen LogP contribution in [0.2, 0.25) is 10.0 Å². The fourth-order valence-corrected chi connectivity index (χ4v) is 3.23. The lowest BCUT2D eigenvalue weighted by Crippen LogP contribution is -2.55. The molecule has 3 rings (SSSR count). The third-order valence-electron chi connectivity index (χ3n) is 4.36. The first-order valence-corrected chi connectivity index (χ1v) is 8.82. The number of hydrogen-bond acceptors (Lipinski definition) is 2. The van der Waals surface area contributed by atoms with Gasteiger partial charge in [0.05, 0.1) is 0 Å². The van der Waals surface area contributed by atoms with Crippen LogP contribution in [0.3, 0.4) is 0 Å². The number of amides is 2. The molecule has 0 saturated carbocycles. The molecule has 2 amide bonds. The van der Waals surface area contributed by atoms with Crippen molar-refractivity contribution in [2.75, 3.05) is 19.6 Å². The van der Waals surface area contributed by atoms with Gasteiger partial charge in [-0.05, 0) is 55.5 Å². The second kappa shape index (κ2) is 7.46. The molecule has 1 aliphatic heterocycles. The smallest absolute Gasteiger partial charge is 0.254 e. The topological polar surface area (TPSA) is 40.6 Å². The fourth-order valence-electron chi connectivity index (χ4n) is 2.98. The Morgan fingerprint density at radius 1 is 0.840 bits per heavy atom. The Hall–Kier alpha value is -2.04. The predicted octanol–water partition coefficient (Wildman–Crippen LogP) is 3.98. The molecule has 0 spiro atoms. The zero-order valence-corrected chi connectivity index (χ0v) is 15.3. The summed E-state index contributed by atoms with van der Waals surface area (Å²) in [7, 11) is 0. The minimum Gasteiger partial charge on any atom is -0.335 e. The first-order chi connectivity index (χ1) is 12.0. The first kappa shape index (κ1) is 17.8. The molecule has 0 bridgehead atoms. The highest BCUT2D eigenvalue weighted by atomic mass is 35.5. The Bertz CT molecular complexity index is 775.